The Balaban J connectivity index is 2.16. The molecule has 1 aliphatic rings. The molecular formula is C26H37F4N3O. The third kappa shape index (κ3) is 8.70. The Labute approximate surface area is 200 Å². The molecule has 1 aromatic carbocycles. The van der Waals surface area contributed by atoms with Gasteiger partial charge in [-0.1, -0.05) is 33.8 Å². The van der Waals surface area contributed by atoms with Crippen molar-refractivity contribution in [1.29, 1.82) is 0 Å². The molecule has 2 rings (SSSR count). The highest BCUT2D eigenvalue weighted by Crippen LogP contribution is 2.32. The molecule has 0 amide bonds. The molecule has 34 heavy (non-hydrogen) atoms. The summed E-state index contributed by atoms with van der Waals surface area (Å²) in [4.78, 5) is 0. The first kappa shape index (κ1) is 27.8. The predicted octanol–water partition coefficient (Wildman–Crippen LogP) is 6.74. The van der Waals surface area contributed by atoms with Crippen LogP contribution >= 0.6 is 0 Å². The maximum absolute atomic E-state index is 13.8. The quantitative estimate of drug-likeness (QED) is 0.215. The van der Waals surface area contributed by atoms with Crippen LogP contribution in [0, 0.1) is 11.7 Å². The summed E-state index contributed by atoms with van der Waals surface area (Å²) in [6, 6.07) is 2.46. The lowest BCUT2D eigenvalue weighted by Crippen LogP contribution is -2.31. The van der Waals surface area contributed by atoms with Crippen LogP contribution in [-0.2, 0) is 10.9 Å². The molecule has 0 saturated heterocycles. The zero-order chi connectivity index (χ0) is 25.1. The largest absolute Gasteiger partial charge is 0.416 e. The van der Waals surface area contributed by atoms with Gasteiger partial charge in [0.1, 0.15) is 11.6 Å². The fraction of sp³-hybridized carbons (Fsp3) is 0.538. The number of alkyl halides is 3. The second kappa shape index (κ2) is 13.4. The summed E-state index contributed by atoms with van der Waals surface area (Å²) in [5.41, 5.74) is 2.29. The van der Waals surface area contributed by atoms with Crippen molar-refractivity contribution in [3.05, 3.63) is 64.4 Å². The van der Waals surface area contributed by atoms with Crippen LogP contribution in [0.2, 0.25) is 0 Å². The maximum Gasteiger partial charge on any atom is 0.416 e. The van der Waals surface area contributed by atoms with Gasteiger partial charge in [0, 0.05) is 37.7 Å². The summed E-state index contributed by atoms with van der Waals surface area (Å²) in [6.07, 6.45) is 3.31. The van der Waals surface area contributed by atoms with Gasteiger partial charge in [0.05, 0.1) is 5.56 Å². The zero-order valence-corrected chi connectivity index (χ0v) is 20.5. The van der Waals surface area contributed by atoms with Crippen molar-refractivity contribution in [1.82, 2.24) is 10.6 Å². The molecule has 0 radical (unpaired) electrons. The van der Waals surface area contributed by atoms with E-state index >= 15 is 0 Å². The van der Waals surface area contributed by atoms with E-state index in [2.05, 4.69) is 49.7 Å². The van der Waals surface area contributed by atoms with Crippen molar-refractivity contribution < 1.29 is 22.3 Å². The van der Waals surface area contributed by atoms with Crippen molar-refractivity contribution >= 4 is 5.69 Å². The van der Waals surface area contributed by atoms with Crippen LogP contribution in [0.4, 0.5) is 23.2 Å². The molecule has 8 heteroatoms. The standard InChI is InChI=1S/C26H37F4N3O/c1-5-9-24(31-10-7-8-12-34-11-6-2)23-17-32-25(16-22(23)18(3)4)33-21-14-19(26(28,29)30)13-20(27)15-21/h9,13-16,18,31-33H,5-8,10-12,17H2,1-4H3. The van der Waals surface area contributed by atoms with E-state index < -0.39 is 17.6 Å². The van der Waals surface area contributed by atoms with Gasteiger partial charge in [0.2, 0.25) is 0 Å². The molecule has 0 bridgehead atoms. The molecule has 1 aromatic rings. The maximum atomic E-state index is 13.8. The molecule has 0 fully saturated rings. The van der Waals surface area contributed by atoms with Crippen molar-refractivity contribution in [2.75, 3.05) is 31.6 Å². The minimum absolute atomic E-state index is 0.0466. The molecule has 0 atom stereocenters. The number of rotatable bonds is 13. The van der Waals surface area contributed by atoms with Crippen molar-refractivity contribution in [2.24, 2.45) is 5.92 Å². The highest BCUT2D eigenvalue weighted by Gasteiger charge is 2.31. The summed E-state index contributed by atoms with van der Waals surface area (Å²) in [6.45, 7) is 11.2. The van der Waals surface area contributed by atoms with Crippen LogP contribution in [0.3, 0.4) is 0 Å². The lowest BCUT2D eigenvalue weighted by molar-refractivity contribution is -0.137. The van der Waals surface area contributed by atoms with Crippen LogP contribution < -0.4 is 16.0 Å². The molecule has 1 aliphatic heterocycles. The Hall–Kier alpha value is -2.48. The van der Waals surface area contributed by atoms with Crippen molar-refractivity contribution in [2.45, 2.75) is 59.6 Å². The van der Waals surface area contributed by atoms with E-state index in [1.807, 2.05) is 6.08 Å². The Morgan fingerprint density at radius 2 is 1.91 bits per heavy atom. The molecule has 3 N–H and O–H groups in total. The van der Waals surface area contributed by atoms with Gasteiger partial charge in [0.15, 0.2) is 0 Å². The Bertz CT molecular complexity index is 889. The lowest BCUT2D eigenvalue weighted by Gasteiger charge is -2.27. The van der Waals surface area contributed by atoms with E-state index in [9.17, 15) is 17.6 Å². The molecule has 0 aromatic heterocycles. The smallest absolute Gasteiger partial charge is 0.385 e. The molecule has 0 aliphatic carbocycles. The topological polar surface area (TPSA) is 45.3 Å². The summed E-state index contributed by atoms with van der Waals surface area (Å²) < 4.78 is 58.5. The minimum atomic E-state index is -4.61. The molecule has 0 unspecified atom stereocenters. The van der Waals surface area contributed by atoms with Gasteiger partial charge in [-0.3, -0.25) is 0 Å². The zero-order valence-electron chi connectivity index (χ0n) is 20.5. The molecule has 4 nitrogen and oxygen atoms in total. The van der Waals surface area contributed by atoms with E-state index in [1.54, 1.807) is 0 Å². The SMILES string of the molecule is CCC=C(NCCCCOCCC)C1=C(C(C)C)C=C(Nc2cc(F)cc(C(F)(F)F)c2)NC1. The second-order valence-electron chi connectivity index (χ2n) is 8.62. The molecule has 0 saturated carbocycles. The van der Waals surface area contributed by atoms with Gasteiger partial charge in [-0.15, -0.1) is 0 Å². The Morgan fingerprint density at radius 1 is 1.15 bits per heavy atom. The summed E-state index contributed by atoms with van der Waals surface area (Å²) in [5.74, 6) is -0.210. The number of hydrogen-bond acceptors (Lipinski definition) is 4. The van der Waals surface area contributed by atoms with Crippen molar-refractivity contribution in [3.8, 4) is 0 Å². The van der Waals surface area contributed by atoms with Crippen LogP contribution in [0.1, 0.15) is 58.9 Å². The number of nitrogens with one attached hydrogen (secondary N) is 3. The van der Waals surface area contributed by atoms with E-state index in [-0.39, 0.29) is 11.6 Å². The van der Waals surface area contributed by atoms with E-state index in [4.69, 9.17) is 4.74 Å². The number of benzene rings is 1. The normalized spacial score (nSPS) is 14.9. The number of allylic oxidation sites excluding steroid dienone is 3. The lowest BCUT2D eigenvalue weighted by atomic mass is 9.92. The van der Waals surface area contributed by atoms with Gasteiger partial charge in [-0.2, -0.15) is 13.2 Å². The number of dihydropyridines is 1. The monoisotopic (exact) mass is 483 g/mol. The Morgan fingerprint density at radius 3 is 2.56 bits per heavy atom. The van der Waals surface area contributed by atoms with E-state index in [1.165, 1.54) is 0 Å². The van der Waals surface area contributed by atoms with Gasteiger partial charge < -0.3 is 20.7 Å². The Kier molecular flexibility index (Phi) is 11.0. The number of ether oxygens (including phenoxy) is 1. The van der Waals surface area contributed by atoms with Gasteiger partial charge in [0.25, 0.3) is 0 Å². The second-order valence-corrected chi connectivity index (χ2v) is 8.62. The summed E-state index contributed by atoms with van der Waals surface area (Å²) >= 11 is 0. The number of unbranched alkanes of at least 4 members (excludes halogenated alkanes) is 1. The third-order valence-electron chi connectivity index (χ3n) is 5.34. The summed E-state index contributed by atoms with van der Waals surface area (Å²) in [5, 5.41) is 9.69. The molecule has 190 valence electrons. The third-order valence-corrected chi connectivity index (χ3v) is 5.34. The minimum Gasteiger partial charge on any atom is -0.385 e. The molecule has 0 spiro atoms. The molecular weight excluding hydrogens is 446 g/mol. The highest BCUT2D eigenvalue weighted by molar-refractivity contribution is 5.54. The van der Waals surface area contributed by atoms with Crippen molar-refractivity contribution in [3.63, 3.8) is 0 Å². The van der Waals surface area contributed by atoms with Crippen LogP contribution in [-0.4, -0.2) is 26.3 Å². The highest BCUT2D eigenvalue weighted by atomic mass is 19.4. The first-order valence-electron chi connectivity index (χ1n) is 12.0. The van der Waals surface area contributed by atoms with Crippen LogP contribution in [0.25, 0.3) is 0 Å². The van der Waals surface area contributed by atoms with Gasteiger partial charge >= 0.3 is 6.18 Å². The van der Waals surface area contributed by atoms with Crippen LogP contribution in [0.5, 0.6) is 0 Å². The van der Waals surface area contributed by atoms with E-state index in [0.717, 1.165) is 74.4 Å². The predicted molar refractivity (Wildman–Crippen MR) is 130 cm³/mol. The van der Waals surface area contributed by atoms with E-state index in [0.29, 0.717) is 18.4 Å². The average molecular weight is 484 g/mol. The number of anilines is 1. The van der Waals surface area contributed by atoms with Crippen LogP contribution in [0.15, 0.2) is 53.0 Å². The summed E-state index contributed by atoms with van der Waals surface area (Å²) in [7, 11) is 0. The fourth-order valence-electron chi connectivity index (χ4n) is 3.71. The molecule has 1 heterocycles. The van der Waals surface area contributed by atoms with Gasteiger partial charge in [-0.25, -0.2) is 4.39 Å². The average Bonchev–Trinajstić information content (AvgIpc) is 2.77. The number of hydrogen-bond donors (Lipinski definition) is 3. The first-order valence-corrected chi connectivity index (χ1v) is 12.0. The van der Waals surface area contributed by atoms with Gasteiger partial charge in [-0.05, 0) is 67.0 Å². The number of halogens is 4. The fourth-order valence-corrected chi connectivity index (χ4v) is 3.71. The first-order chi connectivity index (χ1) is 16.2.